The summed E-state index contributed by atoms with van der Waals surface area (Å²) in [5, 5.41) is 3.45. The maximum Gasteiger partial charge on any atom is 0.239 e. The number of carbonyl (C=O) groups excluding carboxylic acids is 1. The van der Waals surface area contributed by atoms with Gasteiger partial charge in [-0.2, -0.15) is 0 Å². The van der Waals surface area contributed by atoms with Gasteiger partial charge in [-0.25, -0.2) is 0 Å². The number of hydrogen-bond acceptors (Lipinski definition) is 2. The van der Waals surface area contributed by atoms with E-state index in [1.165, 1.54) is 0 Å². The van der Waals surface area contributed by atoms with E-state index in [2.05, 4.69) is 5.32 Å². The molecule has 1 aromatic rings. The highest BCUT2D eigenvalue weighted by Crippen LogP contribution is 2.19. The second kappa shape index (κ2) is 4.44. The van der Waals surface area contributed by atoms with Crippen LogP contribution in [0.3, 0.4) is 0 Å². The third-order valence-corrected chi connectivity index (χ3v) is 2.19. The molecule has 14 heavy (non-hydrogen) atoms. The van der Waals surface area contributed by atoms with Crippen molar-refractivity contribution in [3.8, 4) is 0 Å². The van der Waals surface area contributed by atoms with Gasteiger partial charge < -0.3 is 11.1 Å². The molecule has 0 radical (unpaired) electrons. The number of hydrogen-bond donors (Lipinski definition) is 2. The van der Waals surface area contributed by atoms with E-state index in [0.717, 1.165) is 11.1 Å². The van der Waals surface area contributed by atoms with E-state index in [1.807, 2.05) is 19.1 Å². The molecule has 0 saturated carbocycles. The number of halogens is 1. The van der Waals surface area contributed by atoms with Crippen molar-refractivity contribution in [1.29, 1.82) is 0 Å². The zero-order valence-electron chi connectivity index (χ0n) is 8.17. The minimum atomic E-state index is -0.479. The fraction of sp³-hybridized carbons (Fsp3) is 0.300. The Morgan fingerprint density at radius 2 is 2.14 bits per heavy atom. The number of nitrogens with one attached hydrogen (secondary N) is 1. The molecule has 3 nitrogen and oxygen atoms in total. The molecule has 1 atom stereocenters. The molecule has 4 heteroatoms. The predicted octanol–water partition coefficient (Wildman–Crippen LogP) is 1.39. The van der Waals surface area contributed by atoms with Crippen LogP contribution in [0, 0.1) is 6.92 Å². The summed E-state index contributed by atoms with van der Waals surface area (Å²) in [5.41, 5.74) is 7.04. The van der Waals surface area contributed by atoms with E-state index in [1.54, 1.807) is 13.1 Å². The second-order valence-electron chi connectivity index (χ2n) is 3.19. The van der Waals surface area contributed by atoms with Crippen molar-refractivity contribution in [3.63, 3.8) is 0 Å². The van der Waals surface area contributed by atoms with Gasteiger partial charge in [-0.1, -0.05) is 17.7 Å². The van der Waals surface area contributed by atoms with Crippen LogP contribution < -0.4 is 11.1 Å². The fourth-order valence-corrected chi connectivity index (χ4v) is 1.70. The van der Waals surface area contributed by atoms with E-state index in [4.69, 9.17) is 17.3 Å². The number of rotatable bonds is 3. The monoisotopic (exact) mass is 212 g/mol. The molecule has 1 unspecified atom stereocenters. The Labute approximate surface area is 88.2 Å². The summed E-state index contributed by atoms with van der Waals surface area (Å²) < 4.78 is 0. The fourth-order valence-electron chi connectivity index (χ4n) is 1.40. The molecule has 0 aliphatic carbocycles. The van der Waals surface area contributed by atoms with Crippen LogP contribution in [0.15, 0.2) is 18.2 Å². The minimum absolute atomic E-state index is 0.408. The summed E-state index contributed by atoms with van der Waals surface area (Å²) in [7, 11) is 1.69. The van der Waals surface area contributed by atoms with E-state index in [0.29, 0.717) is 5.02 Å². The Kier molecular flexibility index (Phi) is 3.49. The van der Waals surface area contributed by atoms with Crippen LogP contribution >= 0.6 is 11.6 Å². The van der Waals surface area contributed by atoms with Crippen LogP contribution in [0.25, 0.3) is 0 Å². The smallest absolute Gasteiger partial charge is 0.239 e. The van der Waals surface area contributed by atoms with Gasteiger partial charge in [0.1, 0.15) is 6.04 Å². The van der Waals surface area contributed by atoms with Crippen molar-refractivity contribution >= 4 is 17.5 Å². The predicted molar refractivity (Wildman–Crippen MR) is 57.2 cm³/mol. The van der Waals surface area contributed by atoms with Crippen LogP contribution in [-0.2, 0) is 4.79 Å². The van der Waals surface area contributed by atoms with Gasteiger partial charge in [0.05, 0.1) is 0 Å². The van der Waals surface area contributed by atoms with Gasteiger partial charge in [0, 0.05) is 5.02 Å². The second-order valence-corrected chi connectivity index (χ2v) is 3.62. The molecule has 1 rings (SSSR count). The summed E-state index contributed by atoms with van der Waals surface area (Å²) in [6.45, 7) is 1.92. The van der Waals surface area contributed by atoms with Crippen molar-refractivity contribution in [1.82, 2.24) is 5.32 Å². The maximum absolute atomic E-state index is 11.1. The lowest BCUT2D eigenvalue weighted by Gasteiger charge is -2.13. The SMILES string of the molecule is CNC(C(N)=O)c1cc(C)cc(Cl)c1. The van der Waals surface area contributed by atoms with Gasteiger partial charge in [-0.3, -0.25) is 4.79 Å². The average Bonchev–Trinajstić information content (AvgIpc) is 2.02. The Morgan fingerprint density at radius 3 is 2.57 bits per heavy atom. The summed E-state index contributed by atoms with van der Waals surface area (Å²) in [6.07, 6.45) is 0. The first-order valence-corrected chi connectivity index (χ1v) is 4.66. The molecule has 0 aromatic heterocycles. The molecule has 3 N–H and O–H groups in total. The number of carbonyl (C=O) groups is 1. The van der Waals surface area contributed by atoms with Crippen molar-refractivity contribution in [2.24, 2.45) is 5.73 Å². The lowest BCUT2D eigenvalue weighted by Crippen LogP contribution is -2.31. The molecule has 0 aliphatic rings. The third-order valence-electron chi connectivity index (χ3n) is 1.97. The molecule has 0 aliphatic heterocycles. The zero-order valence-corrected chi connectivity index (χ0v) is 8.93. The average molecular weight is 213 g/mol. The largest absolute Gasteiger partial charge is 0.368 e. The van der Waals surface area contributed by atoms with E-state index >= 15 is 0 Å². The highest BCUT2D eigenvalue weighted by molar-refractivity contribution is 6.30. The quantitative estimate of drug-likeness (QED) is 0.796. The third kappa shape index (κ3) is 2.47. The molecule has 76 valence electrons. The van der Waals surface area contributed by atoms with Gasteiger partial charge >= 0.3 is 0 Å². The van der Waals surface area contributed by atoms with Crippen molar-refractivity contribution in [3.05, 3.63) is 34.3 Å². The number of benzene rings is 1. The molecule has 0 bridgehead atoms. The van der Waals surface area contributed by atoms with Crippen LogP contribution in [-0.4, -0.2) is 13.0 Å². The van der Waals surface area contributed by atoms with Gasteiger partial charge in [0.25, 0.3) is 0 Å². The Morgan fingerprint density at radius 1 is 1.50 bits per heavy atom. The van der Waals surface area contributed by atoms with Crippen LogP contribution in [0.1, 0.15) is 17.2 Å². The molecular formula is C10H13ClN2O. The lowest BCUT2D eigenvalue weighted by atomic mass is 10.0. The molecule has 1 amide bonds. The minimum Gasteiger partial charge on any atom is -0.368 e. The van der Waals surface area contributed by atoms with Crippen molar-refractivity contribution < 1.29 is 4.79 Å². The topological polar surface area (TPSA) is 55.1 Å². The first-order chi connectivity index (χ1) is 6.54. The van der Waals surface area contributed by atoms with Crippen LogP contribution in [0.2, 0.25) is 5.02 Å². The van der Waals surface area contributed by atoms with Crippen LogP contribution in [0.4, 0.5) is 0 Å². The standard InChI is InChI=1S/C10H13ClN2O/c1-6-3-7(5-8(11)4-6)9(13-2)10(12)14/h3-5,9,13H,1-2H3,(H2,12,14). The van der Waals surface area contributed by atoms with Crippen LogP contribution in [0.5, 0.6) is 0 Å². The normalized spacial score (nSPS) is 12.5. The number of nitrogens with two attached hydrogens (primary N) is 1. The Hall–Kier alpha value is -1.06. The first-order valence-electron chi connectivity index (χ1n) is 4.28. The number of amides is 1. The van der Waals surface area contributed by atoms with Gasteiger partial charge in [0.2, 0.25) is 5.91 Å². The molecular weight excluding hydrogens is 200 g/mol. The molecule has 1 aromatic carbocycles. The van der Waals surface area contributed by atoms with Crippen molar-refractivity contribution in [2.75, 3.05) is 7.05 Å². The van der Waals surface area contributed by atoms with Gasteiger partial charge in [-0.05, 0) is 37.2 Å². The number of aryl methyl sites for hydroxylation is 1. The highest BCUT2D eigenvalue weighted by atomic mass is 35.5. The zero-order chi connectivity index (χ0) is 10.7. The summed E-state index contributed by atoms with van der Waals surface area (Å²) in [5.74, 6) is -0.408. The van der Waals surface area contributed by atoms with Gasteiger partial charge in [0.15, 0.2) is 0 Å². The summed E-state index contributed by atoms with van der Waals surface area (Å²) in [4.78, 5) is 11.1. The number of primary amides is 1. The summed E-state index contributed by atoms with van der Waals surface area (Å²) in [6, 6.07) is 4.98. The lowest BCUT2D eigenvalue weighted by molar-refractivity contribution is -0.120. The molecule has 0 spiro atoms. The van der Waals surface area contributed by atoms with Gasteiger partial charge in [-0.15, -0.1) is 0 Å². The van der Waals surface area contributed by atoms with E-state index in [-0.39, 0.29) is 0 Å². The molecule has 0 saturated heterocycles. The molecule has 0 heterocycles. The number of likely N-dealkylation sites (N-methyl/N-ethyl adjacent to an activating group) is 1. The van der Waals surface area contributed by atoms with E-state index in [9.17, 15) is 4.79 Å². The molecule has 0 fully saturated rings. The first kappa shape index (κ1) is 11.0. The maximum atomic E-state index is 11.1. The van der Waals surface area contributed by atoms with E-state index < -0.39 is 11.9 Å². The summed E-state index contributed by atoms with van der Waals surface area (Å²) >= 11 is 5.88. The Bertz CT molecular complexity index is 332. The Balaban J connectivity index is 3.10. The highest BCUT2D eigenvalue weighted by Gasteiger charge is 2.15. The van der Waals surface area contributed by atoms with Crippen molar-refractivity contribution in [2.45, 2.75) is 13.0 Å².